The molecule has 0 radical (unpaired) electrons. The Hall–Kier alpha value is -1.14. The minimum absolute atomic E-state index is 0.0723. The highest BCUT2D eigenvalue weighted by molar-refractivity contribution is 7.99. The number of carbonyl (C=O) groups excluding carboxylic acids is 1. The molecule has 0 aliphatic carbocycles. The predicted octanol–water partition coefficient (Wildman–Crippen LogP) is 1.27. The fourth-order valence-corrected chi connectivity index (χ4v) is 2.93. The third-order valence-corrected chi connectivity index (χ3v) is 4.18. The molecule has 1 saturated heterocycles. The Morgan fingerprint density at radius 3 is 3.00 bits per heavy atom. The molecule has 1 aliphatic rings. The van der Waals surface area contributed by atoms with Gasteiger partial charge in [0.2, 0.25) is 5.91 Å². The molecule has 0 saturated carbocycles. The van der Waals surface area contributed by atoms with Gasteiger partial charge in [-0.3, -0.25) is 14.7 Å². The number of nitrogens with one attached hydrogen (secondary N) is 1. The predicted molar refractivity (Wildman–Crippen MR) is 74.4 cm³/mol. The van der Waals surface area contributed by atoms with Crippen LogP contribution in [0.1, 0.15) is 12.6 Å². The lowest BCUT2D eigenvalue weighted by Gasteiger charge is -2.31. The van der Waals surface area contributed by atoms with E-state index in [4.69, 9.17) is 0 Å². The quantitative estimate of drug-likeness (QED) is 0.904. The minimum atomic E-state index is -0.384. The summed E-state index contributed by atoms with van der Waals surface area (Å²) in [7, 11) is 0. The van der Waals surface area contributed by atoms with Crippen LogP contribution in [-0.4, -0.2) is 46.4 Å². The van der Waals surface area contributed by atoms with E-state index < -0.39 is 0 Å². The standard InChI is InChI=1S/C13H18FN3OS/c1-10(17-5-7-19-8-6-17)13(18)16-9-12-11(14)3-2-4-15-12/h2-4,10H,5-9H2,1H3,(H,16,18). The lowest BCUT2D eigenvalue weighted by Crippen LogP contribution is -2.48. The Bertz CT molecular complexity index is 438. The van der Waals surface area contributed by atoms with Crippen LogP contribution in [0.4, 0.5) is 4.39 Å². The van der Waals surface area contributed by atoms with Crippen LogP contribution < -0.4 is 5.32 Å². The summed E-state index contributed by atoms with van der Waals surface area (Å²) in [4.78, 5) is 18.1. The number of hydrogen-bond donors (Lipinski definition) is 1. The van der Waals surface area contributed by atoms with Gasteiger partial charge in [-0.15, -0.1) is 0 Å². The molecule has 1 aromatic rings. The number of nitrogens with zero attached hydrogens (tertiary/aromatic N) is 2. The maximum Gasteiger partial charge on any atom is 0.237 e. The van der Waals surface area contributed by atoms with E-state index in [1.165, 1.54) is 18.3 Å². The normalized spacial score (nSPS) is 18.0. The van der Waals surface area contributed by atoms with Crippen LogP contribution in [0, 0.1) is 5.82 Å². The first-order valence-corrected chi connectivity index (χ1v) is 7.53. The largest absolute Gasteiger partial charge is 0.349 e. The van der Waals surface area contributed by atoms with Gasteiger partial charge in [0, 0.05) is 30.8 Å². The Morgan fingerprint density at radius 1 is 1.58 bits per heavy atom. The number of hydrogen-bond acceptors (Lipinski definition) is 4. The molecule has 1 unspecified atom stereocenters. The molecule has 1 fully saturated rings. The first-order valence-electron chi connectivity index (χ1n) is 6.37. The van der Waals surface area contributed by atoms with Crippen molar-refractivity contribution in [3.05, 3.63) is 29.8 Å². The van der Waals surface area contributed by atoms with E-state index in [2.05, 4.69) is 15.2 Å². The van der Waals surface area contributed by atoms with Gasteiger partial charge < -0.3 is 5.32 Å². The van der Waals surface area contributed by atoms with Crippen LogP contribution in [-0.2, 0) is 11.3 Å². The Balaban J connectivity index is 1.85. The zero-order valence-electron chi connectivity index (χ0n) is 10.9. The summed E-state index contributed by atoms with van der Waals surface area (Å²) in [6, 6.07) is 2.71. The van der Waals surface area contributed by atoms with E-state index in [9.17, 15) is 9.18 Å². The Morgan fingerprint density at radius 2 is 2.32 bits per heavy atom. The highest BCUT2D eigenvalue weighted by atomic mass is 32.2. The van der Waals surface area contributed by atoms with E-state index >= 15 is 0 Å². The van der Waals surface area contributed by atoms with Gasteiger partial charge in [0.05, 0.1) is 18.3 Å². The molecule has 1 N–H and O–H groups in total. The van der Waals surface area contributed by atoms with E-state index in [0.717, 1.165) is 24.6 Å². The summed E-state index contributed by atoms with van der Waals surface area (Å²) in [5.74, 6) is 1.67. The zero-order chi connectivity index (χ0) is 13.7. The van der Waals surface area contributed by atoms with Gasteiger partial charge in [0.15, 0.2) is 0 Å². The molecule has 19 heavy (non-hydrogen) atoms. The molecule has 1 aliphatic heterocycles. The first kappa shape index (κ1) is 14.3. The maximum absolute atomic E-state index is 13.4. The monoisotopic (exact) mass is 283 g/mol. The van der Waals surface area contributed by atoms with E-state index in [1.807, 2.05) is 18.7 Å². The van der Waals surface area contributed by atoms with Gasteiger partial charge in [0.25, 0.3) is 0 Å². The molecule has 2 rings (SSSR count). The van der Waals surface area contributed by atoms with Crippen LogP contribution in [0.2, 0.25) is 0 Å². The highest BCUT2D eigenvalue weighted by Gasteiger charge is 2.22. The van der Waals surface area contributed by atoms with Crippen LogP contribution in [0.5, 0.6) is 0 Å². The molecule has 1 atom stereocenters. The van der Waals surface area contributed by atoms with Gasteiger partial charge >= 0.3 is 0 Å². The first-order chi connectivity index (χ1) is 9.18. The average Bonchev–Trinajstić information content (AvgIpc) is 2.46. The molecule has 4 nitrogen and oxygen atoms in total. The second kappa shape index (κ2) is 6.86. The molecule has 6 heteroatoms. The van der Waals surface area contributed by atoms with Gasteiger partial charge in [-0.25, -0.2) is 4.39 Å². The smallest absolute Gasteiger partial charge is 0.237 e. The fourth-order valence-electron chi connectivity index (χ4n) is 2.00. The summed E-state index contributed by atoms with van der Waals surface area (Å²) in [6.45, 7) is 3.88. The number of carbonyl (C=O) groups is 1. The summed E-state index contributed by atoms with van der Waals surface area (Å²) >= 11 is 1.91. The number of thioether (sulfide) groups is 1. The van der Waals surface area contributed by atoms with Gasteiger partial charge in [-0.2, -0.15) is 11.8 Å². The summed E-state index contributed by atoms with van der Waals surface area (Å²) < 4.78 is 13.4. The van der Waals surface area contributed by atoms with Crippen molar-refractivity contribution >= 4 is 17.7 Å². The van der Waals surface area contributed by atoms with Crippen molar-refractivity contribution in [1.82, 2.24) is 15.2 Å². The molecular formula is C13H18FN3OS. The fraction of sp³-hybridized carbons (Fsp3) is 0.538. The van der Waals surface area contributed by atoms with Crippen molar-refractivity contribution in [2.45, 2.75) is 19.5 Å². The van der Waals surface area contributed by atoms with Crippen molar-refractivity contribution in [3.63, 3.8) is 0 Å². The summed E-state index contributed by atoms with van der Waals surface area (Å²) in [5.41, 5.74) is 0.275. The van der Waals surface area contributed by atoms with Gasteiger partial charge in [-0.1, -0.05) is 0 Å². The van der Waals surface area contributed by atoms with Crippen LogP contribution >= 0.6 is 11.8 Å². The number of halogens is 1. The van der Waals surface area contributed by atoms with E-state index in [-0.39, 0.29) is 30.0 Å². The topological polar surface area (TPSA) is 45.2 Å². The molecule has 0 spiro atoms. The van der Waals surface area contributed by atoms with Crippen molar-refractivity contribution in [2.75, 3.05) is 24.6 Å². The van der Waals surface area contributed by atoms with Gasteiger partial charge in [-0.05, 0) is 19.1 Å². The molecule has 1 aromatic heterocycles. The van der Waals surface area contributed by atoms with Crippen molar-refractivity contribution in [2.24, 2.45) is 0 Å². The number of amides is 1. The molecule has 0 bridgehead atoms. The SMILES string of the molecule is CC(C(=O)NCc1ncccc1F)N1CCSCC1. The molecule has 0 aromatic carbocycles. The summed E-state index contributed by atoms with van der Waals surface area (Å²) in [5, 5.41) is 2.75. The number of aromatic nitrogens is 1. The summed E-state index contributed by atoms with van der Waals surface area (Å²) in [6.07, 6.45) is 1.52. The lowest BCUT2D eigenvalue weighted by atomic mass is 10.2. The Kier molecular flexibility index (Phi) is 5.15. The van der Waals surface area contributed by atoms with Crippen LogP contribution in [0.15, 0.2) is 18.3 Å². The number of rotatable bonds is 4. The van der Waals surface area contributed by atoms with Crippen molar-refractivity contribution in [3.8, 4) is 0 Å². The highest BCUT2D eigenvalue weighted by Crippen LogP contribution is 2.12. The van der Waals surface area contributed by atoms with Crippen LogP contribution in [0.25, 0.3) is 0 Å². The molecular weight excluding hydrogens is 265 g/mol. The van der Waals surface area contributed by atoms with Crippen LogP contribution in [0.3, 0.4) is 0 Å². The second-order valence-electron chi connectivity index (χ2n) is 4.47. The van der Waals surface area contributed by atoms with E-state index in [1.54, 1.807) is 0 Å². The minimum Gasteiger partial charge on any atom is -0.349 e. The Labute approximate surface area is 116 Å². The third kappa shape index (κ3) is 3.91. The molecule has 2 heterocycles. The second-order valence-corrected chi connectivity index (χ2v) is 5.70. The molecule has 1 amide bonds. The van der Waals surface area contributed by atoms with E-state index in [0.29, 0.717) is 0 Å². The number of pyridine rings is 1. The van der Waals surface area contributed by atoms with Crippen molar-refractivity contribution < 1.29 is 9.18 Å². The maximum atomic E-state index is 13.4. The molecule has 104 valence electrons. The third-order valence-electron chi connectivity index (χ3n) is 3.24. The zero-order valence-corrected chi connectivity index (χ0v) is 11.8. The average molecular weight is 283 g/mol. The van der Waals surface area contributed by atoms with Crippen molar-refractivity contribution in [1.29, 1.82) is 0 Å². The lowest BCUT2D eigenvalue weighted by molar-refractivity contribution is -0.126. The van der Waals surface area contributed by atoms with Gasteiger partial charge in [0.1, 0.15) is 5.82 Å².